The lowest BCUT2D eigenvalue weighted by atomic mass is 10.1. The number of aliphatic hydroxyl groups is 2. The molecular formula is C12H15NO5S. The second-order valence-corrected chi connectivity index (χ2v) is 5.01. The zero-order valence-electron chi connectivity index (χ0n) is 10.6. The van der Waals surface area contributed by atoms with E-state index < -0.39 is 18.2 Å². The van der Waals surface area contributed by atoms with Crippen LogP contribution < -0.4 is 0 Å². The molecule has 104 valence electrons. The first-order valence-electron chi connectivity index (χ1n) is 5.48. The Morgan fingerprint density at radius 1 is 1.42 bits per heavy atom. The maximum atomic E-state index is 11.3. The molecule has 6 nitrogen and oxygen atoms in total. The van der Waals surface area contributed by atoms with Gasteiger partial charge >= 0.3 is 5.97 Å². The number of aliphatic hydroxyl groups excluding tert-OH is 2. The van der Waals surface area contributed by atoms with Gasteiger partial charge in [-0.2, -0.15) is 0 Å². The lowest BCUT2D eigenvalue weighted by Crippen LogP contribution is -2.22. The Hall–Kier alpha value is -1.44. The van der Waals surface area contributed by atoms with E-state index in [1.807, 2.05) is 0 Å². The predicted molar refractivity (Wildman–Crippen MR) is 69.7 cm³/mol. The van der Waals surface area contributed by atoms with Crippen LogP contribution in [0.15, 0.2) is 18.5 Å². The molecule has 0 amide bonds. The van der Waals surface area contributed by atoms with Gasteiger partial charge in [-0.3, -0.25) is 9.78 Å². The SMILES string of the molecule is COC(=O)c1cncc(C(O)C(O)CSC(C)=O)c1. The van der Waals surface area contributed by atoms with E-state index in [1.165, 1.54) is 32.5 Å². The second kappa shape index (κ2) is 7.22. The molecule has 1 aromatic rings. The summed E-state index contributed by atoms with van der Waals surface area (Å²) in [5.74, 6) is -0.506. The molecule has 0 aliphatic carbocycles. The molecule has 0 fully saturated rings. The molecule has 0 saturated carbocycles. The molecule has 0 aliphatic heterocycles. The summed E-state index contributed by atoms with van der Waals surface area (Å²) < 4.78 is 4.54. The zero-order chi connectivity index (χ0) is 14.4. The van der Waals surface area contributed by atoms with Crippen LogP contribution in [0.25, 0.3) is 0 Å². The number of esters is 1. The minimum Gasteiger partial charge on any atom is -0.465 e. The van der Waals surface area contributed by atoms with E-state index in [9.17, 15) is 19.8 Å². The zero-order valence-corrected chi connectivity index (χ0v) is 11.4. The lowest BCUT2D eigenvalue weighted by Gasteiger charge is -2.17. The topological polar surface area (TPSA) is 96.7 Å². The fraction of sp³-hybridized carbons (Fsp3) is 0.417. The third kappa shape index (κ3) is 4.62. The smallest absolute Gasteiger partial charge is 0.339 e. The number of pyridine rings is 1. The van der Waals surface area contributed by atoms with E-state index in [1.54, 1.807) is 0 Å². The third-order valence-corrected chi connectivity index (χ3v) is 3.26. The number of nitrogens with zero attached hydrogens (tertiary/aromatic N) is 1. The molecule has 2 N–H and O–H groups in total. The predicted octanol–water partition coefficient (Wildman–Crippen LogP) is 0.542. The van der Waals surface area contributed by atoms with Crippen molar-refractivity contribution >= 4 is 22.8 Å². The maximum Gasteiger partial charge on any atom is 0.339 e. The minimum absolute atomic E-state index is 0.0684. The summed E-state index contributed by atoms with van der Waals surface area (Å²) in [6, 6.07) is 1.39. The highest BCUT2D eigenvalue weighted by atomic mass is 32.2. The Morgan fingerprint density at radius 2 is 2.11 bits per heavy atom. The summed E-state index contributed by atoms with van der Waals surface area (Å²) in [6.07, 6.45) is 0.310. The number of carbonyl (C=O) groups is 2. The fourth-order valence-corrected chi connectivity index (χ4v) is 1.95. The van der Waals surface area contributed by atoms with Crippen LogP contribution in [0.1, 0.15) is 28.9 Å². The number of carbonyl (C=O) groups excluding carboxylic acids is 2. The number of hydrogen-bond donors (Lipinski definition) is 2. The van der Waals surface area contributed by atoms with Gasteiger partial charge in [0.15, 0.2) is 5.12 Å². The number of methoxy groups -OCH3 is 1. The van der Waals surface area contributed by atoms with Crippen LogP contribution >= 0.6 is 11.8 Å². The van der Waals surface area contributed by atoms with Crippen LogP contribution in [0.4, 0.5) is 0 Å². The number of thioether (sulfide) groups is 1. The van der Waals surface area contributed by atoms with Crippen molar-refractivity contribution in [3.63, 3.8) is 0 Å². The van der Waals surface area contributed by atoms with Gasteiger partial charge in [-0.1, -0.05) is 11.8 Å². The Bertz CT molecular complexity index is 465. The highest BCUT2D eigenvalue weighted by Crippen LogP contribution is 2.20. The lowest BCUT2D eigenvalue weighted by molar-refractivity contribution is -0.109. The standard InChI is InChI=1S/C12H15NO5S/c1-7(14)19-6-10(15)11(16)8-3-9(5-13-4-8)12(17)18-2/h3-5,10-11,15-16H,6H2,1-2H3. The van der Waals surface area contributed by atoms with Crippen LogP contribution in [0, 0.1) is 0 Å². The number of aromatic nitrogens is 1. The summed E-state index contributed by atoms with van der Waals surface area (Å²) >= 11 is 0.916. The van der Waals surface area contributed by atoms with Gasteiger partial charge in [0.2, 0.25) is 0 Å². The number of ether oxygens (including phenoxy) is 1. The summed E-state index contributed by atoms with van der Waals surface area (Å²) in [4.78, 5) is 25.9. The van der Waals surface area contributed by atoms with Crippen molar-refractivity contribution < 1.29 is 24.5 Å². The molecule has 2 unspecified atom stereocenters. The summed E-state index contributed by atoms with van der Waals surface area (Å²) in [6.45, 7) is 1.38. The Balaban J connectivity index is 2.78. The number of rotatable bonds is 5. The first-order chi connectivity index (χ1) is 8.95. The van der Waals surface area contributed by atoms with Crippen molar-refractivity contribution in [2.24, 2.45) is 0 Å². The van der Waals surface area contributed by atoms with E-state index in [4.69, 9.17) is 0 Å². The van der Waals surface area contributed by atoms with E-state index in [0.717, 1.165) is 11.8 Å². The molecule has 1 heterocycles. The van der Waals surface area contributed by atoms with Crippen molar-refractivity contribution in [2.75, 3.05) is 12.9 Å². The quantitative estimate of drug-likeness (QED) is 0.762. The maximum absolute atomic E-state index is 11.3. The Morgan fingerprint density at radius 3 is 2.68 bits per heavy atom. The molecule has 0 spiro atoms. The Labute approximate surface area is 114 Å². The normalized spacial score (nSPS) is 13.7. The van der Waals surface area contributed by atoms with Crippen molar-refractivity contribution in [3.05, 3.63) is 29.6 Å². The minimum atomic E-state index is -1.22. The van der Waals surface area contributed by atoms with Crippen LogP contribution in [-0.2, 0) is 9.53 Å². The van der Waals surface area contributed by atoms with Crippen molar-refractivity contribution in [1.82, 2.24) is 4.98 Å². The first-order valence-corrected chi connectivity index (χ1v) is 6.47. The monoisotopic (exact) mass is 285 g/mol. The molecule has 0 aliphatic rings. The molecule has 7 heteroatoms. The molecule has 19 heavy (non-hydrogen) atoms. The van der Waals surface area contributed by atoms with Crippen molar-refractivity contribution in [3.8, 4) is 0 Å². The van der Waals surface area contributed by atoms with Gasteiger partial charge in [-0.15, -0.1) is 0 Å². The average Bonchev–Trinajstić information content (AvgIpc) is 2.43. The first kappa shape index (κ1) is 15.6. The fourth-order valence-electron chi connectivity index (χ4n) is 1.36. The van der Waals surface area contributed by atoms with Gasteiger partial charge in [0.25, 0.3) is 0 Å². The van der Waals surface area contributed by atoms with Gasteiger partial charge in [-0.05, 0) is 6.07 Å². The molecule has 0 saturated heterocycles. The second-order valence-electron chi connectivity index (χ2n) is 3.81. The van der Waals surface area contributed by atoms with Gasteiger partial charge in [0, 0.05) is 30.6 Å². The molecule has 1 rings (SSSR count). The third-order valence-electron chi connectivity index (χ3n) is 2.34. The summed E-state index contributed by atoms with van der Waals surface area (Å²) in [5, 5.41) is 19.5. The summed E-state index contributed by atoms with van der Waals surface area (Å²) in [7, 11) is 1.24. The van der Waals surface area contributed by atoms with E-state index in [-0.39, 0.29) is 16.4 Å². The largest absolute Gasteiger partial charge is 0.465 e. The van der Waals surface area contributed by atoms with Crippen molar-refractivity contribution in [1.29, 1.82) is 0 Å². The Kier molecular flexibility index (Phi) is 5.94. The molecule has 0 bridgehead atoms. The molecule has 1 aromatic heterocycles. The molecule has 2 atom stereocenters. The van der Waals surface area contributed by atoms with Crippen LogP contribution in [0.3, 0.4) is 0 Å². The van der Waals surface area contributed by atoms with Gasteiger partial charge in [0.1, 0.15) is 6.10 Å². The van der Waals surface area contributed by atoms with E-state index >= 15 is 0 Å². The molecule has 0 aromatic carbocycles. The van der Waals surface area contributed by atoms with E-state index in [0.29, 0.717) is 5.56 Å². The highest BCUT2D eigenvalue weighted by molar-refractivity contribution is 8.13. The summed E-state index contributed by atoms with van der Waals surface area (Å²) in [5.41, 5.74) is 0.477. The number of hydrogen-bond acceptors (Lipinski definition) is 7. The van der Waals surface area contributed by atoms with Crippen molar-refractivity contribution in [2.45, 2.75) is 19.1 Å². The average molecular weight is 285 g/mol. The van der Waals surface area contributed by atoms with Gasteiger partial charge in [-0.25, -0.2) is 4.79 Å². The van der Waals surface area contributed by atoms with E-state index in [2.05, 4.69) is 9.72 Å². The van der Waals surface area contributed by atoms with Crippen LogP contribution in [0.2, 0.25) is 0 Å². The molecule has 0 radical (unpaired) electrons. The highest BCUT2D eigenvalue weighted by Gasteiger charge is 2.20. The van der Waals surface area contributed by atoms with Gasteiger partial charge in [0.05, 0.1) is 18.8 Å². The van der Waals surface area contributed by atoms with Gasteiger partial charge < -0.3 is 14.9 Å². The van der Waals surface area contributed by atoms with Crippen LogP contribution in [0.5, 0.6) is 0 Å². The van der Waals surface area contributed by atoms with Crippen LogP contribution in [-0.4, -0.2) is 45.2 Å². The molecular weight excluding hydrogens is 270 g/mol.